The van der Waals surface area contributed by atoms with Crippen molar-refractivity contribution in [2.75, 3.05) is 11.9 Å². The van der Waals surface area contributed by atoms with E-state index in [4.69, 9.17) is 4.74 Å². The Morgan fingerprint density at radius 2 is 1.88 bits per heavy atom. The number of carbonyl (C=O) groups is 3. The van der Waals surface area contributed by atoms with Crippen molar-refractivity contribution in [3.63, 3.8) is 0 Å². The van der Waals surface area contributed by atoms with Crippen molar-refractivity contribution in [3.05, 3.63) is 52.2 Å². The molecule has 1 aromatic carbocycles. The summed E-state index contributed by atoms with van der Waals surface area (Å²) in [5, 5.41) is 4.53. The molecule has 0 aliphatic rings. The molecular weight excluding hydrogens is 326 g/mol. The molecule has 1 heterocycles. The molecule has 24 heavy (non-hydrogen) atoms. The zero-order chi connectivity index (χ0) is 17.4. The lowest BCUT2D eigenvalue weighted by Crippen LogP contribution is -2.21. The third-order valence-corrected chi connectivity index (χ3v) is 4.30. The molecule has 2 aromatic rings. The number of amides is 1. The van der Waals surface area contributed by atoms with Crippen LogP contribution in [0.25, 0.3) is 0 Å². The van der Waals surface area contributed by atoms with Crippen LogP contribution in [0.2, 0.25) is 0 Å². The molecule has 0 aliphatic heterocycles. The number of thiophene rings is 1. The van der Waals surface area contributed by atoms with Crippen molar-refractivity contribution < 1.29 is 19.1 Å². The van der Waals surface area contributed by atoms with Gasteiger partial charge in [0, 0.05) is 12.1 Å². The summed E-state index contributed by atoms with van der Waals surface area (Å²) in [5.41, 5.74) is 1.73. The fraction of sp³-hybridized carbons (Fsp3) is 0.278. The number of Topliss-reactive ketones (excluding diaryl/α,β-unsaturated/α-hetero) is 1. The van der Waals surface area contributed by atoms with Gasteiger partial charge in [0.05, 0.1) is 11.3 Å². The predicted octanol–water partition coefficient (Wildman–Crippen LogP) is 3.46. The number of hydrogen-bond donors (Lipinski definition) is 1. The molecule has 6 heteroatoms. The predicted molar refractivity (Wildman–Crippen MR) is 93.3 cm³/mol. The Hall–Kier alpha value is -2.47. The van der Waals surface area contributed by atoms with Gasteiger partial charge in [0.25, 0.3) is 5.91 Å². The molecule has 0 saturated carbocycles. The monoisotopic (exact) mass is 345 g/mol. The second kappa shape index (κ2) is 8.98. The molecule has 0 spiro atoms. The van der Waals surface area contributed by atoms with Gasteiger partial charge in [0.15, 0.2) is 12.4 Å². The van der Waals surface area contributed by atoms with Gasteiger partial charge < -0.3 is 10.1 Å². The Morgan fingerprint density at radius 3 is 2.58 bits per heavy atom. The Balaban J connectivity index is 1.73. The van der Waals surface area contributed by atoms with Crippen LogP contribution in [-0.4, -0.2) is 24.3 Å². The Morgan fingerprint density at radius 1 is 1.08 bits per heavy atom. The normalized spacial score (nSPS) is 10.2. The summed E-state index contributed by atoms with van der Waals surface area (Å²) in [5.74, 6) is -1.05. The quantitative estimate of drug-likeness (QED) is 0.587. The molecule has 1 N–H and O–H groups in total. The average Bonchev–Trinajstić information content (AvgIpc) is 3.13. The number of anilines is 1. The number of ketones is 1. The van der Waals surface area contributed by atoms with Gasteiger partial charge in [-0.3, -0.25) is 14.4 Å². The van der Waals surface area contributed by atoms with E-state index in [1.807, 2.05) is 30.5 Å². The van der Waals surface area contributed by atoms with Crippen LogP contribution in [0.4, 0.5) is 5.69 Å². The minimum atomic E-state index is -0.557. The van der Waals surface area contributed by atoms with E-state index in [0.29, 0.717) is 10.6 Å². The van der Waals surface area contributed by atoms with Crippen molar-refractivity contribution in [1.29, 1.82) is 0 Å². The van der Waals surface area contributed by atoms with E-state index in [2.05, 4.69) is 5.32 Å². The molecular formula is C18H19NO4S. The summed E-state index contributed by atoms with van der Waals surface area (Å²) in [7, 11) is 0. The number of ether oxygens (including phenoxy) is 1. The van der Waals surface area contributed by atoms with Crippen LogP contribution in [0.15, 0.2) is 41.8 Å². The van der Waals surface area contributed by atoms with Gasteiger partial charge in [-0.25, -0.2) is 0 Å². The molecule has 0 unspecified atom stereocenters. The molecule has 0 atom stereocenters. The minimum Gasteiger partial charge on any atom is -0.456 e. The number of esters is 1. The molecule has 0 fully saturated rings. The van der Waals surface area contributed by atoms with Gasteiger partial charge in [-0.15, -0.1) is 11.3 Å². The fourth-order valence-corrected chi connectivity index (χ4v) is 2.83. The van der Waals surface area contributed by atoms with Gasteiger partial charge in [0.2, 0.25) is 0 Å². The lowest BCUT2D eigenvalue weighted by molar-refractivity contribution is -0.147. The standard InChI is InChI=1S/C18H19NO4S/c1-2-13-6-3-4-7-14(13)19-17(21)12-23-18(22)10-9-15(20)16-8-5-11-24-16/h3-8,11H,2,9-10,12H2,1H3,(H,19,21). The first-order chi connectivity index (χ1) is 11.6. The van der Waals surface area contributed by atoms with E-state index >= 15 is 0 Å². The van der Waals surface area contributed by atoms with Crippen LogP contribution in [0.1, 0.15) is 35.0 Å². The van der Waals surface area contributed by atoms with Gasteiger partial charge >= 0.3 is 5.97 Å². The topological polar surface area (TPSA) is 72.5 Å². The highest BCUT2D eigenvalue weighted by Crippen LogP contribution is 2.15. The maximum atomic E-state index is 11.9. The molecule has 1 aromatic heterocycles. The molecule has 0 radical (unpaired) electrons. The summed E-state index contributed by atoms with van der Waals surface area (Å²) in [6.45, 7) is 1.64. The number of nitrogens with one attached hydrogen (secondary N) is 1. The van der Waals surface area contributed by atoms with E-state index in [1.165, 1.54) is 11.3 Å². The van der Waals surface area contributed by atoms with E-state index in [-0.39, 0.29) is 25.2 Å². The summed E-state index contributed by atoms with van der Waals surface area (Å²) < 4.78 is 4.92. The van der Waals surface area contributed by atoms with Crippen LogP contribution in [-0.2, 0) is 20.7 Å². The van der Waals surface area contributed by atoms with Gasteiger partial charge in [0.1, 0.15) is 0 Å². The van der Waals surface area contributed by atoms with Crippen LogP contribution in [0.5, 0.6) is 0 Å². The van der Waals surface area contributed by atoms with Crippen LogP contribution in [0, 0.1) is 0 Å². The maximum Gasteiger partial charge on any atom is 0.306 e. The summed E-state index contributed by atoms with van der Waals surface area (Å²) in [6.07, 6.45) is 0.844. The van der Waals surface area contributed by atoms with Crippen molar-refractivity contribution in [3.8, 4) is 0 Å². The first kappa shape index (κ1) is 17.9. The summed E-state index contributed by atoms with van der Waals surface area (Å²) in [6, 6.07) is 11.0. The number of benzene rings is 1. The number of aryl methyl sites for hydroxylation is 1. The lowest BCUT2D eigenvalue weighted by atomic mass is 10.1. The number of hydrogen-bond acceptors (Lipinski definition) is 5. The molecule has 1 amide bonds. The molecule has 0 saturated heterocycles. The molecule has 0 bridgehead atoms. The fourth-order valence-electron chi connectivity index (χ4n) is 2.13. The number of carbonyl (C=O) groups excluding carboxylic acids is 3. The Labute approximate surface area is 144 Å². The molecule has 5 nitrogen and oxygen atoms in total. The second-order valence-corrected chi connectivity index (χ2v) is 6.07. The first-order valence-electron chi connectivity index (χ1n) is 7.70. The smallest absolute Gasteiger partial charge is 0.306 e. The van der Waals surface area contributed by atoms with Crippen molar-refractivity contribution in [2.24, 2.45) is 0 Å². The van der Waals surface area contributed by atoms with Crippen LogP contribution < -0.4 is 5.32 Å². The van der Waals surface area contributed by atoms with Gasteiger partial charge in [-0.1, -0.05) is 31.2 Å². The van der Waals surface area contributed by atoms with Crippen molar-refractivity contribution in [2.45, 2.75) is 26.2 Å². The highest BCUT2D eigenvalue weighted by atomic mass is 32.1. The largest absolute Gasteiger partial charge is 0.456 e. The van der Waals surface area contributed by atoms with Crippen molar-refractivity contribution in [1.82, 2.24) is 0 Å². The van der Waals surface area contributed by atoms with Gasteiger partial charge in [-0.2, -0.15) is 0 Å². The number of para-hydroxylation sites is 1. The van der Waals surface area contributed by atoms with Gasteiger partial charge in [-0.05, 0) is 29.5 Å². The summed E-state index contributed by atoms with van der Waals surface area (Å²) in [4.78, 5) is 35.9. The molecule has 126 valence electrons. The molecule has 0 aliphatic carbocycles. The third kappa shape index (κ3) is 5.31. The minimum absolute atomic E-state index is 0.0322. The maximum absolute atomic E-state index is 11.9. The highest BCUT2D eigenvalue weighted by molar-refractivity contribution is 7.12. The average molecular weight is 345 g/mol. The van der Waals surface area contributed by atoms with E-state index < -0.39 is 11.9 Å². The summed E-state index contributed by atoms with van der Waals surface area (Å²) >= 11 is 1.34. The van der Waals surface area contributed by atoms with E-state index in [1.54, 1.807) is 18.2 Å². The van der Waals surface area contributed by atoms with E-state index in [9.17, 15) is 14.4 Å². The zero-order valence-corrected chi connectivity index (χ0v) is 14.2. The Kier molecular flexibility index (Phi) is 6.69. The number of rotatable bonds is 8. The Bertz CT molecular complexity index is 710. The van der Waals surface area contributed by atoms with Crippen molar-refractivity contribution >= 4 is 34.7 Å². The first-order valence-corrected chi connectivity index (χ1v) is 8.58. The third-order valence-electron chi connectivity index (χ3n) is 3.39. The highest BCUT2D eigenvalue weighted by Gasteiger charge is 2.13. The lowest BCUT2D eigenvalue weighted by Gasteiger charge is -2.10. The van der Waals surface area contributed by atoms with Crippen LogP contribution in [0.3, 0.4) is 0 Å². The SMILES string of the molecule is CCc1ccccc1NC(=O)COC(=O)CCC(=O)c1cccs1. The molecule has 2 rings (SSSR count). The van der Waals surface area contributed by atoms with Crippen LogP contribution >= 0.6 is 11.3 Å². The van der Waals surface area contributed by atoms with E-state index in [0.717, 1.165) is 12.0 Å². The zero-order valence-electron chi connectivity index (χ0n) is 13.4. The second-order valence-electron chi connectivity index (χ2n) is 5.12.